The molecule has 3 rings (SSSR count). The fourth-order valence-electron chi connectivity index (χ4n) is 3.25. The van der Waals surface area contributed by atoms with Gasteiger partial charge in [0.25, 0.3) is 15.9 Å². The van der Waals surface area contributed by atoms with Gasteiger partial charge in [-0.05, 0) is 60.9 Å². The average Bonchev–Trinajstić information content (AvgIpc) is 2.78. The minimum absolute atomic E-state index is 0.0708. The number of benzene rings is 3. The van der Waals surface area contributed by atoms with Crippen LogP contribution < -0.4 is 14.8 Å². The summed E-state index contributed by atoms with van der Waals surface area (Å²) in [4.78, 5) is 13.0. The molecule has 162 valence electrons. The maximum atomic E-state index is 12.9. The number of ether oxygens (including phenoxy) is 1. The van der Waals surface area contributed by atoms with Gasteiger partial charge in [-0.15, -0.1) is 0 Å². The van der Waals surface area contributed by atoms with Gasteiger partial charge in [-0.3, -0.25) is 9.52 Å². The number of sulfonamides is 1. The molecule has 6 nitrogen and oxygen atoms in total. The highest BCUT2D eigenvalue weighted by atomic mass is 32.2. The van der Waals surface area contributed by atoms with Crippen LogP contribution in [0.1, 0.15) is 40.9 Å². The van der Waals surface area contributed by atoms with Crippen molar-refractivity contribution >= 4 is 21.6 Å². The van der Waals surface area contributed by atoms with Gasteiger partial charge in [-0.2, -0.15) is 0 Å². The molecule has 7 heteroatoms. The van der Waals surface area contributed by atoms with Crippen molar-refractivity contribution in [2.24, 2.45) is 0 Å². The number of rotatable bonds is 8. The number of nitrogens with one attached hydrogen (secondary N) is 2. The Bertz CT molecular complexity index is 1140. The lowest BCUT2D eigenvalue weighted by atomic mass is 10.0. The van der Waals surface area contributed by atoms with E-state index in [2.05, 4.69) is 10.0 Å². The van der Waals surface area contributed by atoms with Crippen molar-refractivity contribution in [3.8, 4) is 5.75 Å². The number of para-hydroxylation sites is 1. The summed E-state index contributed by atoms with van der Waals surface area (Å²) in [5.41, 5.74) is 2.25. The first-order chi connectivity index (χ1) is 14.8. The van der Waals surface area contributed by atoms with Crippen LogP contribution in [0.15, 0.2) is 77.7 Å². The van der Waals surface area contributed by atoms with Gasteiger partial charge in [-0.25, -0.2) is 8.42 Å². The van der Waals surface area contributed by atoms with Gasteiger partial charge < -0.3 is 10.1 Å². The summed E-state index contributed by atoms with van der Waals surface area (Å²) in [6.07, 6.45) is 0.685. The number of carbonyl (C=O) groups excluding carboxylic acids is 1. The quantitative estimate of drug-likeness (QED) is 0.535. The van der Waals surface area contributed by atoms with E-state index >= 15 is 0 Å². The molecule has 0 spiro atoms. The normalized spacial score (nSPS) is 12.1. The number of aryl methyl sites for hydroxylation is 1. The van der Waals surface area contributed by atoms with Crippen molar-refractivity contribution in [2.45, 2.75) is 31.2 Å². The maximum Gasteiger partial charge on any atom is 0.262 e. The molecule has 0 bridgehead atoms. The zero-order chi connectivity index (χ0) is 22.4. The molecular formula is C24H26N2O4S. The summed E-state index contributed by atoms with van der Waals surface area (Å²) in [6, 6.07) is 20.6. The van der Waals surface area contributed by atoms with E-state index in [1.54, 1.807) is 56.5 Å². The van der Waals surface area contributed by atoms with Gasteiger partial charge in [0.05, 0.1) is 18.0 Å². The first-order valence-corrected chi connectivity index (χ1v) is 11.5. The molecule has 0 radical (unpaired) electrons. The lowest BCUT2D eigenvalue weighted by Gasteiger charge is -2.18. The van der Waals surface area contributed by atoms with Crippen molar-refractivity contribution in [1.82, 2.24) is 5.32 Å². The number of carbonyl (C=O) groups is 1. The largest absolute Gasteiger partial charge is 0.497 e. The van der Waals surface area contributed by atoms with Crippen LogP contribution >= 0.6 is 0 Å². The first kappa shape index (κ1) is 22.4. The summed E-state index contributed by atoms with van der Waals surface area (Å²) in [6.45, 7) is 3.68. The van der Waals surface area contributed by atoms with Crippen LogP contribution in [0.25, 0.3) is 0 Å². The van der Waals surface area contributed by atoms with Gasteiger partial charge >= 0.3 is 0 Å². The minimum Gasteiger partial charge on any atom is -0.497 e. The monoisotopic (exact) mass is 438 g/mol. The Balaban J connectivity index is 1.83. The topological polar surface area (TPSA) is 84.5 Å². The predicted octanol–water partition coefficient (Wildman–Crippen LogP) is 4.69. The third kappa shape index (κ3) is 5.44. The Morgan fingerprint density at radius 2 is 1.68 bits per heavy atom. The van der Waals surface area contributed by atoms with Crippen LogP contribution in [0.2, 0.25) is 0 Å². The molecule has 1 unspecified atom stereocenters. The average molecular weight is 439 g/mol. The number of hydrogen-bond acceptors (Lipinski definition) is 4. The zero-order valence-electron chi connectivity index (χ0n) is 17.8. The SMILES string of the molecule is CCC(NC(=O)c1ccc(C)c(S(=O)(=O)Nc2ccccc2)c1)c1ccc(OC)cc1. The highest BCUT2D eigenvalue weighted by Crippen LogP contribution is 2.23. The van der Waals surface area contributed by atoms with E-state index in [0.29, 0.717) is 17.7 Å². The van der Waals surface area contributed by atoms with Crippen molar-refractivity contribution in [1.29, 1.82) is 0 Å². The predicted molar refractivity (Wildman–Crippen MR) is 122 cm³/mol. The van der Waals surface area contributed by atoms with E-state index < -0.39 is 10.0 Å². The van der Waals surface area contributed by atoms with Gasteiger partial charge in [0, 0.05) is 11.3 Å². The van der Waals surface area contributed by atoms with Crippen LogP contribution in [0, 0.1) is 6.92 Å². The molecule has 1 amide bonds. The van der Waals surface area contributed by atoms with E-state index in [4.69, 9.17) is 4.74 Å². The molecule has 0 aromatic heterocycles. The molecule has 0 aliphatic heterocycles. The molecule has 0 heterocycles. The van der Waals surface area contributed by atoms with Crippen molar-refractivity contribution in [2.75, 3.05) is 11.8 Å². The molecule has 1 atom stereocenters. The van der Waals surface area contributed by atoms with E-state index in [1.165, 1.54) is 6.07 Å². The minimum atomic E-state index is -3.84. The van der Waals surface area contributed by atoms with Crippen molar-refractivity contribution < 1.29 is 17.9 Å². The molecule has 2 N–H and O–H groups in total. The lowest BCUT2D eigenvalue weighted by molar-refractivity contribution is 0.0935. The highest BCUT2D eigenvalue weighted by molar-refractivity contribution is 7.92. The summed E-state index contributed by atoms with van der Waals surface area (Å²) < 4.78 is 33.5. The van der Waals surface area contributed by atoms with Crippen LogP contribution in [-0.4, -0.2) is 21.4 Å². The Morgan fingerprint density at radius 1 is 1.00 bits per heavy atom. The van der Waals surface area contributed by atoms with Crippen LogP contribution in [0.3, 0.4) is 0 Å². The first-order valence-electron chi connectivity index (χ1n) is 9.97. The van der Waals surface area contributed by atoms with Crippen LogP contribution in [-0.2, 0) is 10.0 Å². The fourth-order valence-corrected chi connectivity index (χ4v) is 4.58. The van der Waals surface area contributed by atoms with Gasteiger partial charge in [0.1, 0.15) is 5.75 Å². The van der Waals surface area contributed by atoms with E-state index in [-0.39, 0.29) is 22.4 Å². The molecule has 0 aliphatic carbocycles. The molecule has 3 aromatic rings. The fraction of sp³-hybridized carbons (Fsp3) is 0.208. The summed E-state index contributed by atoms with van der Waals surface area (Å²) >= 11 is 0. The number of anilines is 1. The van der Waals surface area contributed by atoms with Crippen molar-refractivity contribution in [3.05, 3.63) is 89.5 Å². The smallest absolute Gasteiger partial charge is 0.262 e. The highest BCUT2D eigenvalue weighted by Gasteiger charge is 2.21. The molecule has 0 saturated carbocycles. The molecule has 3 aromatic carbocycles. The summed E-state index contributed by atoms with van der Waals surface area (Å²) in [7, 11) is -2.24. The third-order valence-corrected chi connectivity index (χ3v) is 6.52. The molecule has 0 fully saturated rings. The Hall–Kier alpha value is -3.32. The van der Waals surface area contributed by atoms with Gasteiger partial charge in [-0.1, -0.05) is 43.3 Å². The number of methoxy groups -OCH3 is 1. The second-order valence-electron chi connectivity index (χ2n) is 7.16. The molecule has 0 saturated heterocycles. The maximum absolute atomic E-state index is 12.9. The standard InChI is InChI=1S/C24H26N2O4S/c1-4-22(18-12-14-21(30-3)15-13-18)25-24(27)19-11-10-17(2)23(16-19)31(28,29)26-20-8-6-5-7-9-20/h5-16,22,26H,4H2,1-3H3,(H,25,27). The second kappa shape index (κ2) is 9.66. The van der Waals surface area contributed by atoms with E-state index in [9.17, 15) is 13.2 Å². The van der Waals surface area contributed by atoms with Gasteiger partial charge in [0.2, 0.25) is 0 Å². The molecule has 31 heavy (non-hydrogen) atoms. The number of hydrogen-bond donors (Lipinski definition) is 2. The van der Waals surface area contributed by atoms with E-state index in [1.807, 2.05) is 31.2 Å². The Labute approximate surface area is 183 Å². The van der Waals surface area contributed by atoms with Crippen LogP contribution in [0.5, 0.6) is 5.75 Å². The molecule has 0 aliphatic rings. The van der Waals surface area contributed by atoms with Crippen LogP contribution in [0.4, 0.5) is 5.69 Å². The van der Waals surface area contributed by atoms with Crippen molar-refractivity contribution in [3.63, 3.8) is 0 Å². The Morgan fingerprint density at radius 3 is 2.29 bits per heavy atom. The molecular weight excluding hydrogens is 412 g/mol. The summed E-state index contributed by atoms with van der Waals surface area (Å²) in [5.74, 6) is 0.406. The van der Waals surface area contributed by atoms with Gasteiger partial charge in [0.15, 0.2) is 0 Å². The second-order valence-corrected chi connectivity index (χ2v) is 8.81. The third-order valence-electron chi connectivity index (χ3n) is 5.00. The Kier molecular flexibility index (Phi) is 6.97. The summed E-state index contributed by atoms with van der Waals surface area (Å²) in [5, 5.41) is 2.99. The van der Waals surface area contributed by atoms with E-state index in [0.717, 1.165) is 11.3 Å². The lowest BCUT2D eigenvalue weighted by Crippen LogP contribution is -2.28. The zero-order valence-corrected chi connectivity index (χ0v) is 18.6. The number of amides is 1.